The van der Waals surface area contributed by atoms with Crippen LogP contribution in [0, 0.1) is 13.8 Å². The van der Waals surface area contributed by atoms with Crippen molar-refractivity contribution < 1.29 is 13.2 Å². The molecule has 1 aliphatic heterocycles. The van der Waals surface area contributed by atoms with Crippen LogP contribution in [0.5, 0.6) is 0 Å². The molecule has 0 saturated carbocycles. The summed E-state index contributed by atoms with van der Waals surface area (Å²) in [5.41, 5.74) is 2.81. The molecule has 1 aliphatic rings. The predicted molar refractivity (Wildman–Crippen MR) is 81.0 cm³/mol. The van der Waals surface area contributed by atoms with E-state index in [-0.39, 0.29) is 12.4 Å². The van der Waals surface area contributed by atoms with Crippen molar-refractivity contribution in [3.05, 3.63) is 34.9 Å². The van der Waals surface area contributed by atoms with Crippen molar-refractivity contribution in [2.24, 2.45) is 0 Å². The van der Waals surface area contributed by atoms with Gasteiger partial charge in [-0.05, 0) is 19.4 Å². The Hall–Kier alpha value is -0.780. The molecule has 0 radical (unpaired) electrons. The Morgan fingerprint density at radius 2 is 1.62 bits per heavy atom. The van der Waals surface area contributed by atoms with Crippen molar-refractivity contribution in [2.75, 3.05) is 26.2 Å². The minimum Gasteiger partial charge on any atom is -0.314 e. The molecule has 0 bridgehead atoms. The number of alkyl halides is 3. The van der Waals surface area contributed by atoms with E-state index in [4.69, 9.17) is 0 Å². The lowest BCUT2D eigenvalue weighted by molar-refractivity contribution is -0.148. The average molecular weight is 323 g/mol. The summed E-state index contributed by atoms with van der Waals surface area (Å²) in [6.07, 6.45) is -4.93. The SMILES string of the molecule is Cc1cc(C)cc([C@@H](CC(F)(F)F)N2CCNCC2)c1.Cl. The lowest BCUT2D eigenvalue weighted by Crippen LogP contribution is -2.46. The van der Waals surface area contributed by atoms with Crippen LogP contribution in [0.3, 0.4) is 0 Å². The highest BCUT2D eigenvalue weighted by Gasteiger charge is 2.36. The maximum absolute atomic E-state index is 12.9. The summed E-state index contributed by atoms with van der Waals surface area (Å²) in [6.45, 7) is 6.68. The van der Waals surface area contributed by atoms with Gasteiger partial charge in [-0.15, -0.1) is 12.4 Å². The van der Waals surface area contributed by atoms with Crippen LogP contribution in [0.4, 0.5) is 13.2 Å². The van der Waals surface area contributed by atoms with E-state index in [1.807, 2.05) is 36.9 Å². The average Bonchev–Trinajstić information content (AvgIpc) is 2.35. The molecule has 1 atom stereocenters. The number of piperazine rings is 1. The molecule has 0 unspecified atom stereocenters. The van der Waals surface area contributed by atoms with E-state index in [9.17, 15) is 13.2 Å². The molecule has 1 heterocycles. The number of hydrogen-bond donors (Lipinski definition) is 1. The number of nitrogens with one attached hydrogen (secondary N) is 1. The molecule has 0 aliphatic carbocycles. The second-order valence-electron chi connectivity index (χ2n) is 5.54. The number of halogens is 4. The van der Waals surface area contributed by atoms with Gasteiger partial charge in [-0.1, -0.05) is 29.3 Å². The normalized spacial score (nSPS) is 18.1. The zero-order valence-electron chi connectivity index (χ0n) is 12.3. The number of rotatable bonds is 3. The molecule has 2 nitrogen and oxygen atoms in total. The summed E-state index contributed by atoms with van der Waals surface area (Å²) >= 11 is 0. The van der Waals surface area contributed by atoms with Crippen molar-refractivity contribution in [3.63, 3.8) is 0 Å². The second kappa shape index (κ2) is 7.47. The van der Waals surface area contributed by atoms with E-state index in [1.165, 1.54) is 0 Å². The van der Waals surface area contributed by atoms with Gasteiger partial charge in [0.05, 0.1) is 6.42 Å². The number of benzene rings is 1. The first-order valence-electron chi connectivity index (χ1n) is 6.95. The van der Waals surface area contributed by atoms with Crippen molar-refractivity contribution in [3.8, 4) is 0 Å². The summed E-state index contributed by atoms with van der Waals surface area (Å²) in [4.78, 5) is 1.94. The van der Waals surface area contributed by atoms with Crippen LogP contribution in [0.15, 0.2) is 18.2 Å². The molecule has 120 valence electrons. The minimum absolute atomic E-state index is 0. The van der Waals surface area contributed by atoms with Crippen LogP contribution in [-0.4, -0.2) is 37.3 Å². The third kappa shape index (κ3) is 5.49. The Balaban J connectivity index is 0.00000220. The van der Waals surface area contributed by atoms with E-state index in [1.54, 1.807) is 0 Å². The van der Waals surface area contributed by atoms with E-state index >= 15 is 0 Å². The molecule has 2 rings (SSSR count). The summed E-state index contributed by atoms with van der Waals surface area (Å²) in [5.74, 6) is 0. The first kappa shape index (κ1) is 18.3. The van der Waals surface area contributed by atoms with Crippen molar-refractivity contribution in [1.82, 2.24) is 10.2 Å². The van der Waals surface area contributed by atoms with E-state index in [2.05, 4.69) is 5.32 Å². The summed E-state index contributed by atoms with van der Waals surface area (Å²) < 4.78 is 38.7. The van der Waals surface area contributed by atoms with Gasteiger partial charge in [0.25, 0.3) is 0 Å². The van der Waals surface area contributed by atoms with E-state index in [0.717, 1.165) is 29.8 Å². The molecule has 1 fully saturated rings. The van der Waals surface area contributed by atoms with Crippen LogP contribution in [0.1, 0.15) is 29.2 Å². The first-order chi connectivity index (χ1) is 9.35. The van der Waals surface area contributed by atoms with Crippen LogP contribution in [0.2, 0.25) is 0 Å². The summed E-state index contributed by atoms with van der Waals surface area (Å²) in [7, 11) is 0. The number of hydrogen-bond acceptors (Lipinski definition) is 2. The zero-order valence-corrected chi connectivity index (χ0v) is 13.2. The van der Waals surface area contributed by atoms with Gasteiger partial charge in [-0.25, -0.2) is 0 Å². The fourth-order valence-corrected chi connectivity index (χ4v) is 2.87. The van der Waals surface area contributed by atoms with Crippen molar-refractivity contribution in [2.45, 2.75) is 32.5 Å². The lowest BCUT2D eigenvalue weighted by Gasteiger charge is -2.36. The smallest absolute Gasteiger partial charge is 0.314 e. The summed E-state index contributed by atoms with van der Waals surface area (Å²) in [6, 6.07) is 5.18. The Morgan fingerprint density at radius 1 is 1.10 bits per heavy atom. The van der Waals surface area contributed by atoms with Gasteiger partial charge in [-0.2, -0.15) is 13.2 Å². The highest BCUT2D eigenvalue weighted by Crippen LogP contribution is 2.34. The highest BCUT2D eigenvalue weighted by atomic mass is 35.5. The molecule has 1 saturated heterocycles. The standard InChI is InChI=1S/C15H21F3N2.ClH/c1-11-7-12(2)9-13(8-11)14(10-15(16,17)18)20-5-3-19-4-6-20;/h7-9,14,19H,3-6,10H2,1-2H3;1H/t14-;/m1./s1. The molecule has 0 spiro atoms. The third-order valence-electron chi connectivity index (χ3n) is 3.65. The minimum atomic E-state index is -4.15. The topological polar surface area (TPSA) is 15.3 Å². The monoisotopic (exact) mass is 322 g/mol. The van der Waals surface area contributed by atoms with E-state index in [0.29, 0.717) is 13.1 Å². The van der Waals surface area contributed by atoms with Crippen LogP contribution in [-0.2, 0) is 0 Å². The first-order valence-corrected chi connectivity index (χ1v) is 6.95. The van der Waals surface area contributed by atoms with Crippen LogP contribution >= 0.6 is 12.4 Å². The van der Waals surface area contributed by atoms with Gasteiger partial charge in [0, 0.05) is 32.2 Å². The largest absolute Gasteiger partial charge is 0.390 e. The number of aryl methyl sites for hydroxylation is 2. The molecule has 0 amide bonds. The predicted octanol–water partition coefficient (Wildman–Crippen LogP) is 3.62. The maximum atomic E-state index is 12.9. The summed E-state index contributed by atoms with van der Waals surface area (Å²) in [5, 5.41) is 3.18. The zero-order chi connectivity index (χ0) is 14.8. The fourth-order valence-electron chi connectivity index (χ4n) is 2.87. The van der Waals surface area contributed by atoms with Gasteiger partial charge < -0.3 is 5.32 Å². The molecule has 21 heavy (non-hydrogen) atoms. The molecular formula is C15H22ClF3N2. The van der Waals surface area contributed by atoms with Gasteiger partial charge >= 0.3 is 6.18 Å². The van der Waals surface area contributed by atoms with Gasteiger partial charge in [-0.3, -0.25) is 4.90 Å². The number of nitrogens with zero attached hydrogens (tertiary/aromatic N) is 1. The molecule has 1 aromatic carbocycles. The Bertz CT molecular complexity index is 436. The van der Waals surface area contributed by atoms with Crippen molar-refractivity contribution in [1.29, 1.82) is 0 Å². The van der Waals surface area contributed by atoms with Crippen molar-refractivity contribution >= 4 is 12.4 Å². The molecular weight excluding hydrogens is 301 g/mol. The molecule has 6 heteroatoms. The fraction of sp³-hybridized carbons (Fsp3) is 0.600. The van der Waals surface area contributed by atoms with Gasteiger partial charge in [0.15, 0.2) is 0 Å². The maximum Gasteiger partial charge on any atom is 0.390 e. The Labute approximate surface area is 130 Å². The van der Waals surface area contributed by atoms with Gasteiger partial charge in [0.2, 0.25) is 0 Å². The van der Waals surface area contributed by atoms with E-state index < -0.39 is 18.6 Å². The van der Waals surface area contributed by atoms with Gasteiger partial charge in [0.1, 0.15) is 0 Å². The third-order valence-corrected chi connectivity index (χ3v) is 3.65. The van der Waals surface area contributed by atoms with Crippen LogP contribution in [0.25, 0.3) is 0 Å². The highest BCUT2D eigenvalue weighted by molar-refractivity contribution is 5.85. The molecule has 1 N–H and O–H groups in total. The molecule has 0 aromatic heterocycles. The Kier molecular flexibility index (Phi) is 6.50. The Morgan fingerprint density at radius 3 is 2.10 bits per heavy atom. The lowest BCUT2D eigenvalue weighted by atomic mass is 9.97. The quantitative estimate of drug-likeness (QED) is 0.914. The second-order valence-corrected chi connectivity index (χ2v) is 5.54. The molecule has 1 aromatic rings. The van der Waals surface area contributed by atoms with Crippen LogP contribution < -0.4 is 5.32 Å².